The molecule has 0 aliphatic carbocycles. The van der Waals surface area contributed by atoms with Gasteiger partial charge < -0.3 is 9.64 Å². The van der Waals surface area contributed by atoms with Crippen molar-refractivity contribution in [2.24, 2.45) is 7.05 Å². The first kappa shape index (κ1) is 22.4. The maximum atomic E-state index is 15.0. The summed E-state index contributed by atoms with van der Waals surface area (Å²) in [5.41, 5.74) is 1.37. The molecule has 1 unspecified atom stereocenters. The van der Waals surface area contributed by atoms with Gasteiger partial charge in [0.25, 0.3) is 5.56 Å². The number of aromatic nitrogens is 5. The van der Waals surface area contributed by atoms with Crippen LogP contribution in [0.4, 0.5) is 10.2 Å². The molecule has 8 nitrogen and oxygen atoms in total. The molecule has 4 heterocycles. The third-order valence-corrected chi connectivity index (χ3v) is 6.21. The van der Waals surface area contributed by atoms with Crippen LogP contribution < -0.4 is 10.5 Å². The number of rotatable bonds is 3. The molecule has 0 radical (unpaired) electrons. The molecular formula is C24H22ClFN6O2. The van der Waals surface area contributed by atoms with Crippen LogP contribution >= 0.6 is 11.6 Å². The Labute approximate surface area is 200 Å². The highest BCUT2D eigenvalue weighted by Gasteiger charge is 2.26. The number of ether oxygens (including phenoxy) is 1. The number of hydrogen-bond donors (Lipinski definition) is 0. The van der Waals surface area contributed by atoms with E-state index in [2.05, 4.69) is 15.0 Å². The van der Waals surface area contributed by atoms with Crippen LogP contribution in [0.2, 0.25) is 5.02 Å². The Morgan fingerprint density at radius 3 is 2.74 bits per heavy atom. The standard InChI is InChI=1S/C24H22ClFN6O2/c1-13-27-7-6-18(28-13)20-12-32(8-9-34-20)21-11-19-22(24(33)31(3)14(2)29-19)23(30-21)16-5-4-15(25)10-17(16)26/h4-7,10-11,20H,8-9,12H2,1-3H3. The van der Waals surface area contributed by atoms with Crippen LogP contribution in [0.1, 0.15) is 23.4 Å². The quantitative estimate of drug-likeness (QED) is 0.441. The third kappa shape index (κ3) is 4.01. The minimum Gasteiger partial charge on any atom is -0.368 e. The molecule has 4 aromatic rings. The maximum Gasteiger partial charge on any atom is 0.263 e. The number of pyridine rings is 1. The monoisotopic (exact) mass is 480 g/mol. The van der Waals surface area contributed by atoms with E-state index < -0.39 is 5.82 Å². The summed E-state index contributed by atoms with van der Waals surface area (Å²) in [6, 6.07) is 7.93. The molecule has 0 N–H and O–H groups in total. The van der Waals surface area contributed by atoms with Gasteiger partial charge in [-0.05, 0) is 38.1 Å². The fraction of sp³-hybridized carbons (Fsp3) is 0.292. The second-order valence-electron chi connectivity index (χ2n) is 8.20. The lowest BCUT2D eigenvalue weighted by Gasteiger charge is -2.33. The Morgan fingerprint density at radius 2 is 1.97 bits per heavy atom. The van der Waals surface area contributed by atoms with Crippen LogP contribution in [-0.4, -0.2) is 44.2 Å². The van der Waals surface area contributed by atoms with Gasteiger partial charge in [0, 0.05) is 36.4 Å². The summed E-state index contributed by atoms with van der Waals surface area (Å²) in [7, 11) is 1.64. The fourth-order valence-electron chi connectivity index (χ4n) is 4.11. The predicted molar refractivity (Wildman–Crippen MR) is 128 cm³/mol. The molecule has 5 rings (SSSR count). The van der Waals surface area contributed by atoms with Crippen molar-refractivity contribution in [3.05, 3.63) is 75.1 Å². The zero-order valence-electron chi connectivity index (χ0n) is 18.9. The van der Waals surface area contributed by atoms with Gasteiger partial charge in [0.1, 0.15) is 29.4 Å². The number of anilines is 1. The summed E-state index contributed by atoms with van der Waals surface area (Å²) >= 11 is 5.97. The van der Waals surface area contributed by atoms with Crippen molar-refractivity contribution < 1.29 is 9.13 Å². The second-order valence-corrected chi connectivity index (χ2v) is 8.64. The van der Waals surface area contributed by atoms with Gasteiger partial charge in [-0.2, -0.15) is 0 Å². The third-order valence-electron chi connectivity index (χ3n) is 5.98. The van der Waals surface area contributed by atoms with E-state index in [1.807, 2.05) is 17.9 Å². The Bertz CT molecular complexity index is 1470. The van der Waals surface area contributed by atoms with E-state index in [4.69, 9.17) is 21.3 Å². The van der Waals surface area contributed by atoms with Crippen LogP contribution in [0, 0.1) is 19.7 Å². The van der Waals surface area contributed by atoms with Gasteiger partial charge in [-0.3, -0.25) is 9.36 Å². The Hall–Kier alpha value is -3.43. The molecule has 10 heteroatoms. The van der Waals surface area contributed by atoms with Crippen molar-refractivity contribution in [1.29, 1.82) is 0 Å². The molecule has 1 fully saturated rings. The molecule has 1 aromatic carbocycles. The lowest BCUT2D eigenvalue weighted by Crippen LogP contribution is -2.39. The number of halogens is 2. The number of hydrogen-bond acceptors (Lipinski definition) is 7. The van der Waals surface area contributed by atoms with E-state index in [-0.39, 0.29) is 33.3 Å². The zero-order valence-corrected chi connectivity index (χ0v) is 19.7. The highest BCUT2D eigenvalue weighted by atomic mass is 35.5. The average Bonchev–Trinajstić information content (AvgIpc) is 2.82. The fourth-order valence-corrected chi connectivity index (χ4v) is 4.27. The van der Waals surface area contributed by atoms with E-state index in [1.165, 1.54) is 16.7 Å². The van der Waals surface area contributed by atoms with Crippen LogP contribution in [0.5, 0.6) is 0 Å². The number of fused-ring (bicyclic) bond motifs is 1. The van der Waals surface area contributed by atoms with Crippen molar-refractivity contribution >= 4 is 28.3 Å². The minimum absolute atomic E-state index is 0.190. The maximum absolute atomic E-state index is 15.0. The molecule has 1 atom stereocenters. The molecule has 174 valence electrons. The lowest BCUT2D eigenvalue weighted by atomic mass is 10.1. The SMILES string of the molecule is Cc1nccc(C2CN(c3cc4nc(C)n(C)c(=O)c4c(-c4ccc(Cl)cc4F)n3)CCO2)n1. The summed E-state index contributed by atoms with van der Waals surface area (Å²) in [6.45, 7) is 5.11. The van der Waals surface area contributed by atoms with Gasteiger partial charge in [0.15, 0.2) is 0 Å². The van der Waals surface area contributed by atoms with Crippen LogP contribution in [0.3, 0.4) is 0 Å². The van der Waals surface area contributed by atoms with Gasteiger partial charge in [-0.15, -0.1) is 0 Å². The summed E-state index contributed by atoms with van der Waals surface area (Å²) in [4.78, 5) is 33.2. The van der Waals surface area contributed by atoms with E-state index in [0.29, 0.717) is 42.7 Å². The largest absolute Gasteiger partial charge is 0.368 e. The van der Waals surface area contributed by atoms with Crippen LogP contribution in [-0.2, 0) is 11.8 Å². The van der Waals surface area contributed by atoms with Crippen molar-refractivity contribution in [3.8, 4) is 11.3 Å². The summed E-state index contributed by atoms with van der Waals surface area (Å²) < 4.78 is 22.4. The minimum atomic E-state index is -0.558. The molecular weight excluding hydrogens is 459 g/mol. The number of aryl methyl sites for hydroxylation is 2. The summed E-state index contributed by atoms with van der Waals surface area (Å²) in [6.07, 6.45) is 1.43. The molecule has 0 spiro atoms. The lowest BCUT2D eigenvalue weighted by molar-refractivity contribution is 0.0366. The van der Waals surface area contributed by atoms with Gasteiger partial charge in [0.05, 0.1) is 35.4 Å². The van der Waals surface area contributed by atoms with E-state index >= 15 is 0 Å². The predicted octanol–water partition coefficient (Wildman–Crippen LogP) is 3.77. The number of morpholine rings is 1. The molecule has 1 saturated heterocycles. The van der Waals surface area contributed by atoms with Crippen LogP contribution in [0.15, 0.2) is 41.3 Å². The molecule has 0 saturated carbocycles. The molecule has 0 bridgehead atoms. The smallest absolute Gasteiger partial charge is 0.263 e. The molecule has 0 amide bonds. The topological polar surface area (TPSA) is 86.0 Å². The normalized spacial score (nSPS) is 16.3. The van der Waals surface area contributed by atoms with Gasteiger partial charge >= 0.3 is 0 Å². The average molecular weight is 481 g/mol. The highest BCUT2D eigenvalue weighted by molar-refractivity contribution is 6.30. The Balaban J connectivity index is 1.66. The van der Waals surface area contributed by atoms with Crippen LogP contribution in [0.25, 0.3) is 22.2 Å². The highest BCUT2D eigenvalue weighted by Crippen LogP contribution is 2.32. The Morgan fingerprint density at radius 1 is 1.15 bits per heavy atom. The first-order valence-electron chi connectivity index (χ1n) is 10.8. The first-order valence-corrected chi connectivity index (χ1v) is 11.2. The molecule has 1 aliphatic heterocycles. The van der Waals surface area contributed by atoms with Gasteiger partial charge in [0.2, 0.25) is 0 Å². The van der Waals surface area contributed by atoms with E-state index in [9.17, 15) is 9.18 Å². The second kappa shape index (κ2) is 8.73. The Kier molecular flexibility index (Phi) is 5.75. The van der Waals surface area contributed by atoms with Crippen molar-refractivity contribution in [2.45, 2.75) is 20.0 Å². The van der Waals surface area contributed by atoms with E-state index in [0.717, 1.165) is 5.69 Å². The first-order chi connectivity index (χ1) is 16.3. The molecule has 34 heavy (non-hydrogen) atoms. The van der Waals surface area contributed by atoms with Crippen molar-refractivity contribution in [1.82, 2.24) is 24.5 Å². The van der Waals surface area contributed by atoms with Gasteiger partial charge in [-0.25, -0.2) is 24.3 Å². The summed E-state index contributed by atoms with van der Waals surface area (Å²) in [5.74, 6) is 1.24. The zero-order chi connectivity index (χ0) is 24.0. The molecule has 3 aromatic heterocycles. The summed E-state index contributed by atoms with van der Waals surface area (Å²) in [5, 5.41) is 0.522. The van der Waals surface area contributed by atoms with Gasteiger partial charge in [-0.1, -0.05) is 11.6 Å². The number of benzene rings is 1. The van der Waals surface area contributed by atoms with E-state index in [1.54, 1.807) is 32.3 Å². The van der Waals surface area contributed by atoms with Crippen molar-refractivity contribution in [2.75, 3.05) is 24.6 Å². The number of nitrogens with zero attached hydrogens (tertiary/aromatic N) is 6. The van der Waals surface area contributed by atoms with Crippen molar-refractivity contribution in [3.63, 3.8) is 0 Å². The molecule has 1 aliphatic rings.